The summed E-state index contributed by atoms with van der Waals surface area (Å²) >= 11 is 1.64. The molecule has 0 radical (unpaired) electrons. The summed E-state index contributed by atoms with van der Waals surface area (Å²) in [4.78, 5) is 17.7. The molecule has 0 aliphatic rings. The normalized spacial score (nSPS) is 10.5. The molecule has 2 aromatic heterocycles. The van der Waals surface area contributed by atoms with E-state index in [2.05, 4.69) is 10.3 Å². The molecule has 0 bridgehead atoms. The van der Waals surface area contributed by atoms with Crippen molar-refractivity contribution in [3.8, 4) is 10.6 Å². The van der Waals surface area contributed by atoms with E-state index in [1.807, 2.05) is 36.6 Å². The fourth-order valence-electron chi connectivity index (χ4n) is 1.88. The van der Waals surface area contributed by atoms with Crippen molar-refractivity contribution in [2.75, 3.05) is 20.3 Å². The summed E-state index contributed by atoms with van der Waals surface area (Å²) in [6.07, 6.45) is 0.808. The van der Waals surface area contributed by atoms with Gasteiger partial charge in [-0.3, -0.25) is 9.78 Å². The molecule has 0 saturated carbocycles. The van der Waals surface area contributed by atoms with Crippen LogP contribution in [0.2, 0.25) is 0 Å². The fourth-order valence-corrected chi connectivity index (χ4v) is 2.57. The number of methoxy groups -OCH3 is 1. The molecule has 2 heterocycles. The van der Waals surface area contributed by atoms with E-state index in [0.717, 1.165) is 22.7 Å². The molecular formula is C15H18N2O2S. The number of carbonyl (C=O) groups is 1. The lowest BCUT2D eigenvalue weighted by atomic mass is 10.1. The minimum Gasteiger partial charge on any atom is -0.385 e. The van der Waals surface area contributed by atoms with Crippen molar-refractivity contribution < 1.29 is 9.53 Å². The van der Waals surface area contributed by atoms with Gasteiger partial charge in [0, 0.05) is 20.3 Å². The molecule has 5 heteroatoms. The van der Waals surface area contributed by atoms with E-state index in [1.165, 1.54) is 0 Å². The van der Waals surface area contributed by atoms with Gasteiger partial charge in [0.1, 0.15) is 0 Å². The Kier molecular flexibility index (Phi) is 5.26. The Morgan fingerprint density at radius 1 is 1.40 bits per heavy atom. The number of hydrogen-bond acceptors (Lipinski definition) is 4. The van der Waals surface area contributed by atoms with Crippen LogP contribution in [-0.4, -0.2) is 31.2 Å². The SMILES string of the molecule is COCCCNC(=O)c1ccc(-c2cccs2)nc1C. The maximum absolute atomic E-state index is 12.0. The van der Waals surface area contributed by atoms with Crippen molar-refractivity contribution in [3.05, 3.63) is 40.9 Å². The van der Waals surface area contributed by atoms with Gasteiger partial charge in [-0.25, -0.2) is 0 Å². The van der Waals surface area contributed by atoms with Crippen molar-refractivity contribution in [2.24, 2.45) is 0 Å². The highest BCUT2D eigenvalue weighted by Gasteiger charge is 2.11. The molecule has 0 spiro atoms. The van der Waals surface area contributed by atoms with Gasteiger partial charge in [-0.15, -0.1) is 11.3 Å². The minimum atomic E-state index is -0.0798. The van der Waals surface area contributed by atoms with Crippen molar-refractivity contribution in [3.63, 3.8) is 0 Å². The number of aromatic nitrogens is 1. The van der Waals surface area contributed by atoms with Crippen LogP contribution in [0.3, 0.4) is 0 Å². The van der Waals surface area contributed by atoms with Gasteiger partial charge in [0.25, 0.3) is 5.91 Å². The number of hydrogen-bond donors (Lipinski definition) is 1. The van der Waals surface area contributed by atoms with E-state index in [0.29, 0.717) is 18.7 Å². The number of pyridine rings is 1. The molecule has 0 fully saturated rings. The van der Waals surface area contributed by atoms with Gasteiger partial charge >= 0.3 is 0 Å². The molecule has 0 aromatic carbocycles. The Labute approximate surface area is 122 Å². The Morgan fingerprint density at radius 3 is 2.90 bits per heavy atom. The van der Waals surface area contributed by atoms with E-state index in [4.69, 9.17) is 4.74 Å². The lowest BCUT2D eigenvalue weighted by Gasteiger charge is -2.08. The number of amides is 1. The van der Waals surface area contributed by atoms with Gasteiger partial charge in [-0.05, 0) is 36.9 Å². The second-order valence-corrected chi connectivity index (χ2v) is 5.36. The standard InChI is InChI=1S/C15H18N2O2S/c1-11-12(15(18)16-8-4-9-19-2)6-7-13(17-11)14-5-3-10-20-14/h3,5-7,10H,4,8-9H2,1-2H3,(H,16,18). The molecule has 0 atom stereocenters. The van der Waals surface area contributed by atoms with Crippen LogP contribution < -0.4 is 5.32 Å². The van der Waals surface area contributed by atoms with Crippen molar-refractivity contribution >= 4 is 17.2 Å². The van der Waals surface area contributed by atoms with E-state index >= 15 is 0 Å². The number of thiophene rings is 1. The second-order valence-electron chi connectivity index (χ2n) is 4.41. The Morgan fingerprint density at radius 2 is 2.25 bits per heavy atom. The number of carbonyl (C=O) groups excluding carboxylic acids is 1. The summed E-state index contributed by atoms with van der Waals surface area (Å²) in [5.41, 5.74) is 2.29. The first-order valence-electron chi connectivity index (χ1n) is 6.51. The first-order valence-corrected chi connectivity index (χ1v) is 7.39. The molecule has 0 saturated heterocycles. The number of nitrogens with one attached hydrogen (secondary N) is 1. The number of rotatable bonds is 6. The molecule has 1 N–H and O–H groups in total. The number of ether oxygens (including phenoxy) is 1. The van der Waals surface area contributed by atoms with Crippen molar-refractivity contribution in [1.82, 2.24) is 10.3 Å². The molecule has 4 nitrogen and oxygen atoms in total. The summed E-state index contributed by atoms with van der Waals surface area (Å²) in [5, 5.41) is 4.89. The van der Waals surface area contributed by atoms with Gasteiger partial charge < -0.3 is 10.1 Å². The Bertz CT molecular complexity index is 567. The molecule has 106 valence electrons. The average Bonchev–Trinajstić information content (AvgIpc) is 2.97. The van der Waals surface area contributed by atoms with Crippen LogP contribution in [0.5, 0.6) is 0 Å². The lowest BCUT2D eigenvalue weighted by Crippen LogP contribution is -2.26. The summed E-state index contributed by atoms with van der Waals surface area (Å²) in [6, 6.07) is 7.75. The zero-order valence-corrected chi connectivity index (χ0v) is 12.5. The summed E-state index contributed by atoms with van der Waals surface area (Å²) in [5.74, 6) is -0.0798. The van der Waals surface area contributed by atoms with Gasteiger partial charge in [-0.1, -0.05) is 6.07 Å². The van der Waals surface area contributed by atoms with Crippen LogP contribution in [0.4, 0.5) is 0 Å². The number of aryl methyl sites for hydroxylation is 1. The molecular weight excluding hydrogens is 272 g/mol. The molecule has 20 heavy (non-hydrogen) atoms. The second kappa shape index (κ2) is 7.17. The van der Waals surface area contributed by atoms with Crippen LogP contribution in [0.15, 0.2) is 29.6 Å². The zero-order valence-electron chi connectivity index (χ0n) is 11.7. The molecule has 0 aliphatic carbocycles. The molecule has 2 aromatic rings. The third kappa shape index (κ3) is 3.65. The first-order chi connectivity index (χ1) is 9.72. The van der Waals surface area contributed by atoms with Gasteiger partial charge in [0.2, 0.25) is 0 Å². The van der Waals surface area contributed by atoms with Crippen LogP contribution in [0.25, 0.3) is 10.6 Å². The highest BCUT2D eigenvalue weighted by molar-refractivity contribution is 7.13. The molecule has 2 rings (SSSR count). The lowest BCUT2D eigenvalue weighted by molar-refractivity contribution is 0.0947. The predicted molar refractivity (Wildman–Crippen MR) is 81.1 cm³/mol. The van der Waals surface area contributed by atoms with Crippen LogP contribution >= 0.6 is 11.3 Å². The van der Waals surface area contributed by atoms with Gasteiger partial charge in [-0.2, -0.15) is 0 Å². The van der Waals surface area contributed by atoms with Crippen LogP contribution in [0.1, 0.15) is 22.5 Å². The van der Waals surface area contributed by atoms with Crippen LogP contribution in [-0.2, 0) is 4.74 Å². The highest BCUT2D eigenvalue weighted by Crippen LogP contribution is 2.23. The Balaban J connectivity index is 2.04. The predicted octanol–water partition coefficient (Wildman–Crippen LogP) is 2.88. The minimum absolute atomic E-state index is 0.0798. The molecule has 0 unspecified atom stereocenters. The van der Waals surface area contributed by atoms with Crippen LogP contribution in [0, 0.1) is 6.92 Å². The fraction of sp³-hybridized carbons (Fsp3) is 0.333. The number of nitrogens with zero attached hydrogens (tertiary/aromatic N) is 1. The molecule has 1 amide bonds. The maximum Gasteiger partial charge on any atom is 0.253 e. The highest BCUT2D eigenvalue weighted by atomic mass is 32.1. The van der Waals surface area contributed by atoms with Crippen molar-refractivity contribution in [1.29, 1.82) is 0 Å². The third-order valence-electron chi connectivity index (χ3n) is 2.91. The van der Waals surface area contributed by atoms with E-state index in [9.17, 15) is 4.79 Å². The Hall–Kier alpha value is -1.72. The zero-order chi connectivity index (χ0) is 14.4. The third-order valence-corrected chi connectivity index (χ3v) is 3.81. The van der Waals surface area contributed by atoms with E-state index in [1.54, 1.807) is 18.4 Å². The first kappa shape index (κ1) is 14.7. The quantitative estimate of drug-likeness (QED) is 0.832. The van der Waals surface area contributed by atoms with Gasteiger partial charge in [0.15, 0.2) is 0 Å². The van der Waals surface area contributed by atoms with Gasteiger partial charge in [0.05, 0.1) is 21.8 Å². The average molecular weight is 290 g/mol. The maximum atomic E-state index is 12.0. The topological polar surface area (TPSA) is 51.2 Å². The smallest absolute Gasteiger partial charge is 0.253 e. The van der Waals surface area contributed by atoms with Crippen molar-refractivity contribution in [2.45, 2.75) is 13.3 Å². The summed E-state index contributed by atoms with van der Waals surface area (Å²) in [6.45, 7) is 3.12. The van der Waals surface area contributed by atoms with E-state index in [-0.39, 0.29) is 5.91 Å². The monoisotopic (exact) mass is 290 g/mol. The largest absolute Gasteiger partial charge is 0.385 e. The molecule has 0 aliphatic heterocycles. The summed E-state index contributed by atoms with van der Waals surface area (Å²) < 4.78 is 4.95. The van der Waals surface area contributed by atoms with E-state index < -0.39 is 0 Å². The summed E-state index contributed by atoms with van der Waals surface area (Å²) in [7, 11) is 1.65.